The first-order valence-corrected chi connectivity index (χ1v) is 7.78. The molecule has 1 aromatic heterocycles. The minimum absolute atomic E-state index is 0.237. The van der Waals surface area contributed by atoms with E-state index in [1.54, 1.807) is 0 Å². The van der Waals surface area contributed by atoms with Crippen molar-refractivity contribution in [2.45, 2.75) is 13.0 Å². The molecule has 106 valence electrons. The summed E-state index contributed by atoms with van der Waals surface area (Å²) < 4.78 is 3.24. The average Bonchev–Trinajstić information content (AvgIpc) is 3.02. The van der Waals surface area contributed by atoms with Crippen LogP contribution in [0.1, 0.15) is 18.5 Å². The van der Waals surface area contributed by atoms with E-state index in [0.29, 0.717) is 0 Å². The standard InChI is InChI=1S/C18H17BrN2/c1-14(17-9-2-3-10-18(17)19)20-15-7-6-8-16(13-15)21-11-4-5-12-21/h2-14,20H,1H3. The molecule has 0 radical (unpaired) electrons. The smallest absolute Gasteiger partial charge is 0.0496 e. The minimum atomic E-state index is 0.237. The lowest BCUT2D eigenvalue weighted by Gasteiger charge is -2.18. The molecule has 3 heteroatoms. The molecule has 0 amide bonds. The second-order valence-electron chi connectivity index (χ2n) is 5.03. The highest BCUT2D eigenvalue weighted by atomic mass is 79.9. The lowest BCUT2D eigenvalue weighted by molar-refractivity contribution is 0.878. The van der Waals surface area contributed by atoms with E-state index in [1.807, 2.05) is 18.2 Å². The van der Waals surface area contributed by atoms with Gasteiger partial charge in [0.15, 0.2) is 0 Å². The van der Waals surface area contributed by atoms with Crippen molar-refractivity contribution < 1.29 is 0 Å². The Morgan fingerprint density at radius 3 is 2.48 bits per heavy atom. The summed E-state index contributed by atoms with van der Waals surface area (Å²) >= 11 is 3.61. The summed E-state index contributed by atoms with van der Waals surface area (Å²) in [6.07, 6.45) is 4.10. The van der Waals surface area contributed by atoms with Gasteiger partial charge < -0.3 is 9.88 Å². The van der Waals surface area contributed by atoms with Crippen LogP contribution in [0.25, 0.3) is 5.69 Å². The van der Waals surface area contributed by atoms with Crippen LogP contribution in [0.15, 0.2) is 77.5 Å². The zero-order valence-corrected chi connectivity index (χ0v) is 13.4. The first-order chi connectivity index (χ1) is 10.2. The third kappa shape index (κ3) is 3.19. The van der Waals surface area contributed by atoms with Crippen molar-refractivity contribution >= 4 is 21.6 Å². The zero-order valence-electron chi connectivity index (χ0n) is 11.8. The van der Waals surface area contributed by atoms with Gasteiger partial charge in [-0.25, -0.2) is 0 Å². The van der Waals surface area contributed by atoms with Crippen LogP contribution in [-0.4, -0.2) is 4.57 Å². The van der Waals surface area contributed by atoms with E-state index in [-0.39, 0.29) is 6.04 Å². The Hall–Kier alpha value is -2.00. The van der Waals surface area contributed by atoms with Crippen LogP contribution in [0.4, 0.5) is 5.69 Å². The van der Waals surface area contributed by atoms with Gasteiger partial charge in [-0.3, -0.25) is 0 Å². The highest BCUT2D eigenvalue weighted by Gasteiger charge is 2.08. The lowest BCUT2D eigenvalue weighted by atomic mass is 10.1. The number of halogens is 1. The number of rotatable bonds is 4. The Labute approximate surface area is 133 Å². The molecule has 0 saturated carbocycles. The maximum atomic E-state index is 3.61. The van der Waals surface area contributed by atoms with Gasteiger partial charge in [0.2, 0.25) is 0 Å². The van der Waals surface area contributed by atoms with Crippen LogP contribution in [0.3, 0.4) is 0 Å². The topological polar surface area (TPSA) is 17.0 Å². The number of aromatic nitrogens is 1. The Morgan fingerprint density at radius 2 is 1.71 bits per heavy atom. The van der Waals surface area contributed by atoms with Crippen LogP contribution in [0.2, 0.25) is 0 Å². The molecule has 1 N–H and O–H groups in total. The third-order valence-corrected chi connectivity index (χ3v) is 4.23. The molecule has 3 rings (SSSR count). The molecule has 0 saturated heterocycles. The number of benzene rings is 2. The molecule has 1 unspecified atom stereocenters. The number of hydrogen-bond acceptors (Lipinski definition) is 1. The maximum Gasteiger partial charge on any atom is 0.0496 e. The van der Waals surface area contributed by atoms with Gasteiger partial charge in [-0.05, 0) is 48.9 Å². The predicted molar refractivity (Wildman–Crippen MR) is 91.9 cm³/mol. The molecule has 0 aliphatic carbocycles. The van der Waals surface area contributed by atoms with Crippen molar-refractivity contribution in [1.82, 2.24) is 4.57 Å². The van der Waals surface area contributed by atoms with Gasteiger partial charge in [-0.2, -0.15) is 0 Å². The Kier molecular flexibility index (Phi) is 4.11. The largest absolute Gasteiger partial charge is 0.378 e. The zero-order chi connectivity index (χ0) is 14.7. The monoisotopic (exact) mass is 340 g/mol. The van der Waals surface area contributed by atoms with Crippen molar-refractivity contribution in [2.24, 2.45) is 0 Å². The van der Waals surface area contributed by atoms with Gasteiger partial charge in [0.05, 0.1) is 0 Å². The van der Waals surface area contributed by atoms with Gasteiger partial charge in [0.1, 0.15) is 0 Å². The molecule has 2 nitrogen and oxygen atoms in total. The maximum absolute atomic E-state index is 3.61. The second kappa shape index (κ2) is 6.19. The van der Waals surface area contributed by atoms with E-state index in [9.17, 15) is 0 Å². The Bertz CT molecular complexity index is 720. The van der Waals surface area contributed by atoms with Crippen molar-refractivity contribution in [2.75, 3.05) is 5.32 Å². The quantitative estimate of drug-likeness (QED) is 0.671. The number of anilines is 1. The van der Waals surface area contributed by atoms with Crippen molar-refractivity contribution in [1.29, 1.82) is 0 Å². The van der Waals surface area contributed by atoms with E-state index < -0.39 is 0 Å². The second-order valence-corrected chi connectivity index (χ2v) is 5.88. The van der Waals surface area contributed by atoms with Crippen LogP contribution in [0, 0.1) is 0 Å². The SMILES string of the molecule is CC(Nc1cccc(-n2cccc2)c1)c1ccccc1Br. The molecule has 2 aromatic carbocycles. The summed E-state index contributed by atoms with van der Waals surface area (Å²) in [7, 11) is 0. The summed E-state index contributed by atoms with van der Waals surface area (Å²) in [5, 5.41) is 3.56. The minimum Gasteiger partial charge on any atom is -0.378 e. The van der Waals surface area contributed by atoms with E-state index in [1.165, 1.54) is 5.56 Å². The van der Waals surface area contributed by atoms with Gasteiger partial charge in [0, 0.05) is 34.3 Å². The molecule has 1 heterocycles. The van der Waals surface area contributed by atoms with Crippen LogP contribution in [0.5, 0.6) is 0 Å². The Balaban J connectivity index is 1.82. The normalized spacial score (nSPS) is 12.1. The molecule has 0 aliphatic heterocycles. The highest BCUT2D eigenvalue weighted by molar-refractivity contribution is 9.10. The molecule has 0 spiro atoms. The molecular formula is C18H17BrN2. The Morgan fingerprint density at radius 1 is 0.952 bits per heavy atom. The number of nitrogens with one attached hydrogen (secondary N) is 1. The third-order valence-electron chi connectivity index (χ3n) is 3.50. The van der Waals surface area contributed by atoms with Gasteiger partial charge >= 0.3 is 0 Å². The van der Waals surface area contributed by atoms with E-state index >= 15 is 0 Å². The molecule has 21 heavy (non-hydrogen) atoms. The summed E-state index contributed by atoms with van der Waals surface area (Å²) in [4.78, 5) is 0. The number of hydrogen-bond donors (Lipinski definition) is 1. The molecule has 3 aromatic rings. The molecule has 1 atom stereocenters. The van der Waals surface area contributed by atoms with Crippen molar-refractivity contribution in [3.8, 4) is 5.69 Å². The first kappa shape index (κ1) is 14.0. The van der Waals surface area contributed by atoms with E-state index in [2.05, 4.69) is 87.6 Å². The van der Waals surface area contributed by atoms with Crippen LogP contribution >= 0.6 is 15.9 Å². The van der Waals surface area contributed by atoms with E-state index in [4.69, 9.17) is 0 Å². The molecule has 0 fully saturated rings. The summed E-state index contributed by atoms with van der Waals surface area (Å²) in [6, 6.07) is 21.0. The van der Waals surface area contributed by atoms with Gasteiger partial charge in [0.25, 0.3) is 0 Å². The van der Waals surface area contributed by atoms with Gasteiger partial charge in [-0.15, -0.1) is 0 Å². The summed E-state index contributed by atoms with van der Waals surface area (Å²) in [5.74, 6) is 0. The number of nitrogens with zero attached hydrogens (tertiary/aromatic N) is 1. The van der Waals surface area contributed by atoms with Gasteiger partial charge in [-0.1, -0.05) is 40.2 Å². The highest BCUT2D eigenvalue weighted by Crippen LogP contribution is 2.26. The summed E-state index contributed by atoms with van der Waals surface area (Å²) in [5.41, 5.74) is 3.53. The predicted octanol–water partition coefficient (Wildman–Crippen LogP) is 5.41. The van der Waals surface area contributed by atoms with Crippen molar-refractivity contribution in [3.63, 3.8) is 0 Å². The van der Waals surface area contributed by atoms with E-state index in [0.717, 1.165) is 15.8 Å². The lowest BCUT2D eigenvalue weighted by Crippen LogP contribution is -2.07. The average molecular weight is 341 g/mol. The molecule has 0 bridgehead atoms. The van der Waals surface area contributed by atoms with Crippen LogP contribution < -0.4 is 5.32 Å². The first-order valence-electron chi connectivity index (χ1n) is 6.98. The molecule has 0 aliphatic rings. The summed E-state index contributed by atoms with van der Waals surface area (Å²) in [6.45, 7) is 2.17. The van der Waals surface area contributed by atoms with Crippen LogP contribution in [-0.2, 0) is 0 Å². The fourth-order valence-electron chi connectivity index (χ4n) is 2.42. The fraction of sp³-hybridized carbons (Fsp3) is 0.111. The molecular weight excluding hydrogens is 324 g/mol. The van der Waals surface area contributed by atoms with Crippen molar-refractivity contribution in [3.05, 3.63) is 83.1 Å². The fourth-order valence-corrected chi connectivity index (χ4v) is 3.05.